The lowest BCUT2D eigenvalue weighted by molar-refractivity contribution is -0.145. The van der Waals surface area contributed by atoms with Crippen LogP contribution in [0.4, 0.5) is 0 Å². The first-order chi connectivity index (χ1) is 8.69. The van der Waals surface area contributed by atoms with Crippen LogP contribution in [0.2, 0.25) is 0 Å². The van der Waals surface area contributed by atoms with Gasteiger partial charge in [0.15, 0.2) is 5.78 Å². The van der Waals surface area contributed by atoms with Gasteiger partial charge in [0, 0.05) is 5.92 Å². The van der Waals surface area contributed by atoms with Crippen LogP contribution >= 0.6 is 0 Å². The fourth-order valence-corrected chi connectivity index (χ4v) is 1.78. The van der Waals surface area contributed by atoms with Gasteiger partial charge in [0.2, 0.25) is 0 Å². The van der Waals surface area contributed by atoms with Crippen molar-refractivity contribution < 1.29 is 14.3 Å². The second-order valence-corrected chi connectivity index (χ2v) is 3.94. The molecule has 0 amide bonds. The van der Waals surface area contributed by atoms with E-state index >= 15 is 0 Å². The number of Topliss-reactive ketones (excluding diaryl/α,β-unsaturated/α-hetero) is 1. The Kier molecular flexibility index (Phi) is 5.85. The minimum absolute atomic E-state index is 0.125. The molecule has 0 bridgehead atoms. The molecule has 3 nitrogen and oxygen atoms in total. The van der Waals surface area contributed by atoms with E-state index in [1.165, 1.54) is 0 Å². The third-order valence-electron chi connectivity index (χ3n) is 2.62. The monoisotopic (exact) mass is 246 g/mol. The van der Waals surface area contributed by atoms with Crippen molar-refractivity contribution in [3.05, 3.63) is 48.6 Å². The van der Waals surface area contributed by atoms with Crippen molar-refractivity contribution in [3.63, 3.8) is 0 Å². The fourth-order valence-electron chi connectivity index (χ4n) is 1.78. The molecule has 1 aromatic rings. The maximum atomic E-state index is 12.1. The minimum atomic E-state index is -0.465. The highest BCUT2D eigenvalue weighted by atomic mass is 16.5. The van der Waals surface area contributed by atoms with Crippen molar-refractivity contribution in [1.29, 1.82) is 0 Å². The standard InChI is InChI=1S/C15H18O3/c1-3-8-13(12-9-6-5-7-10-12)14(16)11-15(17)18-4-2/h3,5-7,9-10,13H,1,4,8,11H2,2H3. The summed E-state index contributed by atoms with van der Waals surface area (Å²) >= 11 is 0. The maximum Gasteiger partial charge on any atom is 0.313 e. The molecule has 0 saturated carbocycles. The Bertz CT molecular complexity index is 409. The number of benzene rings is 1. The van der Waals surface area contributed by atoms with Gasteiger partial charge in [-0.15, -0.1) is 6.58 Å². The van der Waals surface area contributed by atoms with Gasteiger partial charge in [0.05, 0.1) is 6.61 Å². The lowest BCUT2D eigenvalue weighted by atomic mass is 9.90. The summed E-state index contributed by atoms with van der Waals surface area (Å²) in [6.45, 7) is 5.67. The van der Waals surface area contributed by atoms with E-state index < -0.39 is 5.97 Å². The maximum absolute atomic E-state index is 12.1. The normalized spacial score (nSPS) is 11.6. The summed E-state index contributed by atoms with van der Waals surface area (Å²) in [6, 6.07) is 9.42. The molecule has 1 aromatic carbocycles. The zero-order valence-corrected chi connectivity index (χ0v) is 10.6. The number of carbonyl (C=O) groups excluding carboxylic acids is 2. The van der Waals surface area contributed by atoms with Gasteiger partial charge < -0.3 is 4.74 Å². The predicted molar refractivity (Wildman–Crippen MR) is 70.3 cm³/mol. The highest BCUT2D eigenvalue weighted by Gasteiger charge is 2.21. The largest absolute Gasteiger partial charge is 0.466 e. The van der Waals surface area contributed by atoms with Gasteiger partial charge in [0.25, 0.3) is 0 Å². The molecule has 0 heterocycles. The fraction of sp³-hybridized carbons (Fsp3) is 0.333. The van der Waals surface area contributed by atoms with Crippen molar-refractivity contribution in [1.82, 2.24) is 0 Å². The molecule has 96 valence electrons. The summed E-state index contributed by atoms with van der Waals surface area (Å²) in [4.78, 5) is 23.4. The Balaban J connectivity index is 2.76. The molecule has 1 unspecified atom stereocenters. The van der Waals surface area contributed by atoms with Crippen molar-refractivity contribution in [2.75, 3.05) is 6.61 Å². The summed E-state index contributed by atoms with van der Waals surface area (Å²) in [5.41, 5.74) is 0.909. The van der Waals surface area contributed by atoms with Crippen LogP contribution in [0, 0.1) is 0 Å². The molecule has 0 N–H and O–H groups in total. The molecule has 0 aromatic heterocycles. The molecule has 0 aliphatic heterocycles. The first-order valence-corrected chi connectivity index (χ1v) is 6.03. The highest BCUT2D eigenvalue weighted by molar-refractivity contribution is 5.99. The van der Waals surface area contributed by atoms with Crippen LogP contribution in [0.5, 0.6) is 0 Å². The number of hydrogen-bond donors (Lipinski definition) is 0. The summed E-state index contributed by atoms with van der Waals surface area (Å²) in [6.07, 6.45) is 2.05. The number of ketones is 1. The van der Waals surface area contributed by atoms with E-state index in [4.69, 9.17) is 4.74 Å². The van der Waals surface area contributed by atoms with E-state index in [9.17, 15) is 9.59 Å². The number of rotatable bonds is 7. The first-order valence-electron chi connectivity index (χ1n) is 6.03. The Hall–Kier alpha value is -1.90. The van der Waals surface area contributed by atoms with E-state index in [0.717, 1.165) is 5.56 Å². The third-order valence-corrected chi connectivity index (χ3v) is 2.62. The quantitative estimate of drug-likeness (QED) is 0.422. The molecule has 0 saturated heterocycles. The smallest absolute Gasteiger partial charge is 0.313 e. The Labute approximate surface area is 107 Å². The highest BCUT2D eigenvalue weighted by Crippen LogP contribution is 2.22. The number of allylic oxidation sites excluding steroid dienone is 1. The van der Waals surface area contributed by atoms with E-state index in [1.54, 1.807) is 13.0 Å². The molecule has 0 aliphatic rings. The van der Waals surface area contributed by atoms with E-state index in [-0.39, 0.29) is 18.1 Å². The van der Waals surface area contributed by atoms with Crippen molar-refractivity contribution in [2.45, 2.75) is 25.7 Å². The Morgan fingerprint density at radius 1 is 1.33 bits per heavy atom. The van der Waals surface area contributed by atoms with Gasteiger partial charge in [-0.25, -0.2) is 0 Å². The van der Waals surface area contributed by atoms with Crippen LogP contribution in [0.3, 0.4) is 0 Å². The topological polar surface area (TPSA) is 43.4 Å². The molecule has 1 atom stereocenters. The number of ether oxygens (including phenoxy) is 1. The van der Waals surface area contributed by atoms with Gasteiger partial charge >= 0.3 is 5.97 Å². The average molecular weight is 246 g/mol. The van der Waals surface area contributed by atoms with E-state index in [2.05, 4.69) is 6.58 Å². The molecule has 18 heavy (non-hydrogen) atoms. The molecule has 0 spiro atoms. The number of esters is 1. The van der Waals surface area contributed by atoms with Crippen LogP contribution in [0.25, 0.3) is 0 Å². The van der Waals surface area contributed by atoms with Gasteiger partial charge in [0.1, 0.15) is 6.42 Å². The average Bonchev–Trinajstić information content (AvgIpc) is 2.37. The van der Waals surface area contributed by atoms with Gasteiger partial charge in [-0.05, 0) is 18.9 Å². The molecule has 1 rings (SSSR count). The summed E-state index contributed by atoms with van der Waals surface area (Å²) < 4.78 is 4.79. The van der Waals surface area contributed by atoms with Crippen LogP contribution < -0.4 is 0 Å². The van der Waals surface area contributed by atoms with Crippen molar-refractivity contribution in [2.24, 2.45) is 0 Å². The lowest BCUT2D eigenvalue weighted by Crippen LogP contribution is -2.18. The lowest BCUT2D eigenvalue weighted by Gasteiger charge is -2.13. The van der Waals surface area contributed by atoms with Gasteiger partial charge in [-0.2, -0.15) is 0 Å². The SMILES string of the molecule is C=CCC(C(=O)CC(=O)OCC)c1ccccc1. The minimum Gasteiger partial charge on any atom is -0.466 e. The van der Waals surface area contributed by atoms with E-state index in [1.807, 2.05) is 30.3 Å². The zero-order valence-electron chi connectivity index (χ0n) is 10.6. The molecule has 0 radical (unpaired) electrons. The molecular weight excluding hydrogens is 228 g/mol. The summed E-state index contributed by atoms with van der Waals surface area (Å²) in [7, 11) is 0. The van der Waals surface area contributed by atoms with Crippen LogP contribution in [0.15, 0.2) is 43.0 Å². The van der Waals surface area contributed by atoms with Crippen LogP contribution in [-0.2, 0) is 14.3 Å². The van der Waals surface area contributed by atoms with Crippen LogP contribution in [0.1, 0.15) is 31.2 Å². The van der Waals surface area contributed by atoms with Crippen LogP contribution in [-0.4, -0.2) is 18.4 Å². The Morgan fingerprint density at radius 2 is 2.00 bits per heavy atom. The Morgan fingerprint density at radius 3 is 2.56 bits per heavy atom. The zero-order chi connectivity index (χ0) is 13.4. The molecular formula is C15H18O3. The summed E-state index contributed by atoms with van der Waals surface area (Å²) in [5, 5.41) is 0. The second kappa shape index (κ2) is 7.43. The number of carbonyl (C=O) groups is 2. The van der Waals surface area contributed by atoms with Gasteiger partial charge in [-0.1, -0.05) is 36.4 Å². The predicted octanol–water partition coefficient (Wildman–Crippen LogP) is 2.87. The molecule has 0 aliphatic carbocycles. The summed E-state index contributed by atoms with van der Waals surface area (Å²) in [5.74, 6) is -0.903. The molecule has 0 fully saturated rings. The van der Waals surface area contributed by atoms with Gasteiger partial charge in [-0.3, -0.25) is 9.59 Å². The van der Waals surface area contributed by atoms with E-state index in [0.29, 0.717) is 13.0 Å². The van der Waals surface area contributed by atoms with Crippen molar-refractivity contribution in [3.8, 4) is 0 Å². The first kappa shape index (κ1) is 14.2. The number of hydrogen-bond acceptors (Lipinski definition) is 3. The third kappa shape index (κ3) is 4.17. The second-order valence-electron chi connectivity index (χ2n) is 3.94. The molecule has 3 heteroatoms. The van der Waals surface area contributed by atoms with Crippen molar-refractivity contribution >= 4 is 11.8 Å².